The molecule has 1 aliphatic rings. The molecule has 7 heteroatoms. The molecule has 0 amide bonds. The van der Waals surface area contributed by atoms with Gasteiger partial charge >= 0.3 is 0 Å². The summed E-state index contributed by atoms with van der Waals surface area (Å²) in [5.41, 5.74) is 7.61. The van der Waals surface area contributed by atoms with E-state index in [1.165, 1.54) is 4.57 Å². The van der Waals surface area contributed by atoms with Gasteiger partial charge in [-0.3, -0.25) is 9.59 Å². The van der Waals surface area contributed by atoms with Gasteiger partial charge in [0.05, 0.1) is 37.3 Å². The topological polar surface area (TPSA) is 79.5 Å². The number of aldehydes is 1. The summed E-state index contributed by atoms with van der Waals surface area (Å²) in [6, 6.07) is 35.3. The van der Waals surface area contributed by atoms with Gasteiger partial charge in [-0.15, -0.1) is 0 Å². The van der Waals surface area contributed by atoms with Gasteiger partial charge in [-0.1, -0.05) is 84.9 Å². The van der Waals surface area contributed by atoms with Crippen LogP contribution in [0.25, 0.3) is 44.1 Å². The van der Waals surface area contributed by atoms with Crippen molar-refractivity contribution in [2.75, 3.05) is 13.2 Å². The first kappa shape index (κ1) is 29.9. The average Bonchev–Trinajstić information content (AvgIpc) is 3.58. The van der Waals surface area contributed by atoms with Crippen molar-refractivity contribution in [3.05, 3.63) is 141 Å². The summed E-state index contributed by atoms with van der Waals surface area (Å²) < 4.78 is 14.3. The van der Waals surface area contributed by atoms with Crippen LogP contribution in [-0.2, 0) is 27.4 Å². The van der Waals surface area contributed by atoms with Crippen LogP contribution in [0, 0.1) is 13.8 Å². The van der Waals surface area contributed by atoms with E-state index in [4.69, 9.17) is 9.47 Å². The first-order valence-electron chi connectivity index (χ1n) is 15.0. The quantitative estimate of drug-likeness (QED) is 0.204. The van der Waals surface area contributed by atoms with Gasteiger partial charge in [-0.05, 0) is 59.4 Å². The lowest BCUT2D eigenvalue weighted by Crippen LogP contribution is -2.27. The highest BCUT2D eigenvalue weighted by molar-refractivity contribution is 5.96. The Labute approximate surface area is 260 Å². The molecule has 0 bridgehead atoms. The van der Waals surface area contributed by atoms with E-state index in [9.17, 15) is 14.4 Å². The molecule has 7 nitrogen and oxygen atoms in total. The van der Waals surface area contributed by atoms with Gasteiger partial charge in [0, 0.05) is 22.9 Å². The third-order valence-corrected chi connectivity index (χ3v) is 7.99. The number of pyridine rings is 2. The molecule has 6 aromatic rings. The number of nitrogens with zero attached hydrogens (tertiary/aromatic N) is 2. The Bertz CT molecular complexity index is 2090. The lowest BCUT2D eigenvalue weighted by molar-refractivity contribution is -0.108. The molecule has 0 saturated carbocycles. The van der Waals surface area contributed by atoms with E-state index in [1.807, 2.05) is 92.7 Å². The molecule has 3 heterocycles. The minimum absolute atomic E-state index is 0.0361. The number of ether oxygens (including phenoxy) is 2. The number of fused-ring (bicyclic) bond motifs is 2. The van der Waals surface area contributed by atoms with Crippen molar-refractivity contribution < 1.29 is 14.3 Å². The molecule has 45 heavy (non-hydrogen) atoms. The highest BCUT2D eigenvalue weighted by Crippen LogP contribution is 2.29. The summed E-state index contributed by atoms with van der Waals surface area (Å²) in [5, 5.41) is 2.04. The van der Waals surface area contributed by atoms with Crippen molar-refractivity contribution in [3.8, 4) is 22.3 Å². The molecule has 0 radical (unpaired) electrons. The minimum atomic E-state index is -0.353. The van der Waals surface area contributed by atoms with E-state index in [-0.39, 0.29) is 24.0 Å². The smallest absolute Gasteiger partial charge is 0.252 e. The van der Waals surface area contributed by atoms with Crippen molar-refractivity contribution in [1.29, 1.82) is 0 Å². The fraction of sp³-hybridized carbons (Fsp3) is 0.184. The molecule has 0 spiro atoms. The number of hydrogen-bond acceptors (Lipinski definition) is 5. The molecule has 0 N–H and O–H groups in total. The first-order chi connectivity index (χ1) is 21.9. The highest BCUT2D eigenvalue weighted by atomic mass is 16.7. The number of aromatic nitrogens is 2. The summed E-state index contributed by atoms with van der Waals surface area (Å²) in [5.74, 6) is 0. The third kappa shape index (κ3) is 6.41. The Morgan fingerprint density at radius 1 is 0.644 bits per heavy atom. The fourth-order valence-corrected chi connectivity index (χ4v) is 5.81. The Hall–Kier alpha value is -5.11. The average molecular weight is 599 g/mol. The zero-order valence-corrected chi connectivity index (χ0v) is 25.3. The standard InChI is InChI=1S/C20H19NO3.C18H15NO2/c1-14-7-8-16-17(15-5-3-2-4-6-15)12-19(22)21(18(16)11-14)13-20-23-9-10-24-20;1-13-7-8-15-16(14-5-3-2-4-6-14)12-18(21)19(9-10-20)17(15)11-13/h2-8,11-12,20H,9-10,13H2,1H3;2-8,10-12H,9H2,1H3. The number of carbonyl (C=O) groups is 1. The van der Waals surface area contributed by atoms with Crippen molar-refractivity contribution in [3.63, 3.8) is 0 Å². The monoisotopic (exact) mass is 598 g/mol. The lowest BCUT2D eigenvalue weighted by Gasteiger charge is -2.17. The van der Waals surface area contributed by atoms with E-state index in [1.54, 1.807) is 16.7 Å². The van der Waals surface area contributed by atoms with Crippen LogP contribution in [0.2, 0.25) is 0 Å². The summed E-state index contributed by atoms with van der Waals surface area (Å²) in [6.07, 6.45) is 0.403. The predicted molar refractivity (Wildman–Crippen MR) is 179 cm³/mol. The molecule has 0 unspecified atom stereocenters. The SMILES string of the molecule is Cc1ccc2c(-c3ccccc3)cc(=O)n(CC3OCCO3)c2c1.Cc1ccc2c(-c3ccccc3)cc(=O)n(CC=O)c2c1. The summed E-state index contributed by atoms with van der Waals surface area (Å²) >= 11 is 0. The Balaban J connectivity index is 0.000000160. The predicted octanol–water partition coefficient (Wildman–Crippen LogP) is 6.53. The van der Waals surface area contributed by atoms with Crippen LogP contribution >= 0.6 is 0 Å². The number of hydrogen-bond donors (Lipinski definition) is 0. The normalized spacial score (nSPS) is 13.1. The van der Waals surface area contributed by atoms with Crippen LogP contribution in [0.15, 0.2) is 119 Å². The van der Waals surface area contributed by atoms with Gasteiger partial charge in [-0.2, -0.15) is 0 Å². The molecule has 1 aliphatic heterocycles. The van der Waals surface area contributed by atoms with E-state index < -0.39 is 0 Å². The van der Waals surface area contributed by atoms with Gasteiger partial charge < -0.3 is 23.4 Å². The Morgan fingerprint density at radius 3 is 1.60 bits per heavy atom. The molecule has 7 rings (SSSR count). The van der Waals surface area contributed by atoms with Crippen LogP contribution in [0.1, 0.15) is 11.1 Å². The molecule has 0 aliphatic carbocycles. The first-order valence-corrected chi connectivity index (χ1v) is 15.0. The molecule has 4 aromatic carbocycles. The summed E-state index contributed by atoms with van der Waals surface area (Å²) in [7, 11) is 0. The van der Waals surface area contributed by atoms with Crippen LogP contribution in [-0.4, -0.2) is 34.9 Å². The van der Waals surface area contributed by atoms with Gasteiger partial charge in [0.25, 0.3) is 11.1 Å². The number of carbonyl (C=O) groups excluding carboxylic acids is 1. The molecule has 1 saturated heterocycles. The molecule has 2 aromatic heterocycles. The van der Waals surface area contributed by atoms with Crippen LogP contribution in [0.5, 0.6) is 0 Å². The maximum absolute atomic E-state index is 12.8. The molecule has 226 valence electrons. The Kier molecular flexibility index (Phi) is 8.82. The zero-order valence-electron chi connectivity index (χ0n) is 25.3. The van der Waals surface area contributed by atoms with Crippen LogP contribution < -0.4 is 11.1 Å². The number of aryl methyl sites for hydroxylation is 2. The van der Waals surface area contributed by atoms with E-state index in [2.05, 4.69) is 18.2 Å². The second kappa shape index (κ2) is 13.3. The van der Waals surface area contributed by atoms with Crippen LogP contribution in [0.3, 0.4) is 0 Å². The lowest BCUT2D eigenvalue weighted by atomic mass is 10.00. The molecular weight excluding hydrogens is 564 g/mol. The van der Waals surface area contributed by atoms with Gasteiger partial charge in [0.2, 0.25) is 0 Å². The molecular formula is C38H34N2O5. The number of rotatable bonds is 6. The van der Waals surface area contributed by atoms with Gasteiger partial charge in [0.1, 0.15) is 6.29 Å². The second-order valence-electron chi connectivity index (χ2n) is 11.1. The second-order valence-corrected chi connectivity index (χ2v) is 11.1. The molecule has 0 atom stereocenters. The zero-order chi connectivity index (χ0) is 31.3. The minimum Gasteiger partial charge on any atom is -0.348 e. The maximum atomic E-state index is 12.8. The molecule has 1 fully saturated rings. The van der Waals surface area contributed by atoms with E-state index in [0.29, 0.717) is 19.8 Å². The van der Waals surface area contributed by atoms with Gasteiger partial charge in [-0.25, -0.2) is 0 Å². The fourth-order valence-electron chi connectivity index (χ4n) is 5.81. The van der Waals surface area contributed by atoms with Crippen molar-refractivity contribution in [1.82, 2.24) is 9.13 Å². The summed E-state index contributed by atoms with van der Waals surface area (Å²) in [6.45, 7) is 5.66. The van der Waals surface area contributed by atoms with Crippen molar-refractivity contribution in [2.24, 2.45) is 0 Å². The van der Waals surface area contributed by atoms with E-state index >= 15 is 0 Å². The maximum Gasteiger partial charge on any atom is 0.252 e. The van der Waals surface area contributed by atoms with Crippen molar-refractivity contribution in [2.45, 2.75) is 33.2 Å². The van der Waals surface area contributed by atoms with Crippen LogP contribution in [0.4, 0.5) is 0 Å². The summed E-state index contributed by atoms with van der Waals surface area (Å²) in [4.78, 5) is 36.0. The number of benzene rings is 4. The van der Waals surface area contributed by atoms with Gasteiger partial charge in [0.15, 0.2) is 6.29 Å². The van der Waals surface area contributed by atoms with E-state index in [0.717, 1.165) is 61.5 Å². The largest absolute Gasteiger partial charge is 0.348 e. The highest BCUT2D eigenvalue weighted by Gasteiger charge is 2.19. The third-order valence-electron chi connectivity index (χ3n) is 7.99. The van der Waals surface area contributed by atoms with Crippen molar-refractivity contribution >= 4 is 28.1 Å². The Morgan fingerprint density at radius 2 is 1.11 bits per heavy atom.